The third-order valence-electron chi connectivity index (χ3n) is 4.97. The Morgan fingerprint density at radius 2 is 2.03 bits per heavy atom. The number of nitrogens with zero attached hydrogens (tertiary/aromatic N) is 3. The third-order valence-corrected chi connectivity index (χ3v) is 5.60. The molecule has 33 heavy (non-hydrogen) atoms. The van der Waals surface area contributed by atoms with Crippen molar-refractivity contribution in [3.63, 3.8) is 0 Å². The van der Waals surface area contributed by atoms with Crippen LogP contribution in [0.3, 0.4) is 0 Å². The van der Waals surface area contributed by atoms with E-state index in [-0.39, 0.29) is 11.8 Å². The lowest BCUT2D eigenvalue weighted by atomic mass is 10.3. The molecule has 5 rings (SSSR count). The van der Waals surface area contributed by atoms with Crippen LogP contribution in [0.5, 0.6) is 5.75 Å². The minimum Gasteiger partial charge on any atom is -0.488 e. The van der Waals surface area contributed by atoms with Crippen molar-refractivity contribution in [2.45, 2.75) is 12.5 Å². The van der Waals surface area contributed by atoms with Gasteiger partial charge < -0.3 is 25.1 Å². The highest BCUT2D eigenvalue weighted by molar-refractivity contribution is 6.39. The van der Waals surface area contributed by atoms with Gasteiger partial charge in [0.2, 0.25) is 5.95 Å². The van der Waals surface area contributed by atoms with Crippen LogP contribution in [-0.4, -0.2) is 45.2 Å². The van der Waals surface area contributed by atoms with Crippen LogP contribution in [0.4, 0.5) is 17.5 Å². The van der Waals surface area contributed by atoms with Crippen molar-refractivity contribution in [3.8, 4) is 5.75 Å². The number of carbonyl (C=O) groups excluding carboxylic acids is 1. The van der Waals surface area contributed by atoms with Gasteiger partial charge in [-0.15, -0.1) is 0 Å². The highest BCUT2D eigenvalue weighted by Crippen LogP contribution is 2.32. The Hall–Kier alpha value is -3.40. The Bertz CT molecular complexity index is 1300. The molecule has 0 spiro atoms. The Kier molecular flexibility index (Phi) is 5.99. The van der Waals surface area contributed by atoms with Crippen LogP contribution < -0.4 is 15.4 Å². The number of H-pyrrole nitrogens is 1. The molecule has 4 heterocycles. The Balaban J connectivity index is 1.31. The first kappa shape index (κ1) is 21.4. The summed E-state index contributed by atoms with van der Waals surface area (Å²) in [6, 6.07) is 10.2. The molecule has 9 nitrogen and oxygen atoms in total. The van der Waals surface area contributed by atoms with Gasteiger partial charge in [-0.1, -0.05) is 29.3 Å². The molecule has 1 aromatic carbocycles. The number of imidazole rings is 1. The van der Waals surface area contributed by atoms with E-state index < -0.39 is 5.91 Å². The number of hydrogen-bond donors (Lipinski definition) is 3. The third kappa shape index (κ3) is 4.85. The minimum absolute atomic E-state index is 0.00291. The molecule has 1 unspecified atom stereocenters. The van der Waals surface area contributed by atoms with E-state index in [1.165, 1.54) is 6.20 Å². The van der Waals surface area contributed by atoms with Crippen LogP contribution in [0, 0.1) is 0 Å². The normalized spacial score (nSPS) is 15.5. The summed E-state index contributed by atoms with van der Waals surface area (Å²) in [5.74, 6) is 0.968. The van der Waals surface area contributed by atoms with Crippen LogP contribution in [-0.2, 0) is 4.74 Å². The molecule has 1 fully saturated rings. The number of hydrogen-bond acceptors (Lipinski definition) is 7. The lowest BCUT2D eigenvalue weighted by molar-refractivity contribution is 0.102. The van der Waals surface area contributed by atoms with Gasteiger partial charge >= 0.3 is 0 Å². The average molecular weight is 485 g/mol. The molecule has 11 heteroatoms. The lowest BCUT2D eigenvalue weighted by Crippen LogP contribution is -2.17. The number of aromatic amines is 1. The van der Waals surface area contributed by atoms with Crippen LogP contribution >= 0.6 is 23.2 Å². The van der Waals surface area contributed by atoms with Crippen molar-refractivity contribution in [3.05, 3.63) is 64.5 Å². The number of aromatic nitrogens is 4. The molecule has 1 saturated heterocycles. The molecule has 0 radical (unpaired) electrons. The zero-order valence-electron chi connectivity index (χ0n) is 17.1. The van der Waals surface area contributed by atoms with Crippen molar-refractivity contribution < 1.29 is 14.3 Å². The molecule has 4 aromatic rings. The largest absolute Gasteiger partial charge is 0.488 e. The second-order valence-corrected chi connectivity index (χ2v) is 8.14. The number of para-hydroxylation sites is 1. The van der Waals surface area contributed by atoms with E-state index >= 15 is 0 Å². The molecule has 0 bridgehead atoms. The predicted octanol–water partition coefficient (Wildman–Crippen LogP) is 4.82. The standard InChI is InChI=1S/C22H18Cl2N6O3/c23-14-2-1-3-15(24)20(14)30-22-27-16-9-17(26-10-18(16)28-22)21(31)29-19-8-12(4-6-25-19)33-13-5-7-32-11-13/h1-4,6,8-10,13H,5,7,11H2,(H,25,29,31)(H2,27,28,30). The number of ether oxygens (including phenoxy) is 2. The quantitative estimate of drug-likeness (QED) is 0.359. The van der Waals surface area contributed by atoms with Crippen molar-refractivity contribution in [2.24, 2.45) is 0 Å². The highest BCUT2D eigenvalue weighted by atomic mass is 35.5. The van der Waals surface area contributed by atoms with Gasteiger partial charge in [0, 0.05) is 18.7 Å². The summed E-state index contributed by atoms with van der Waals surface area (Å²) in [7, 11) is 0. The summed E-state index contributed by atoms with van der Waals surface area (Å²) in [4.78, 5) is 28.7. The highest BCUT2D eigenvalue weighted by Gasteiger charge is 2.18. The van der Waals surface area contributed by atoms with E-state index in [2.05, 4.69) is 30.6 Å². The van der Waals surface area contributed by atoms with E-state index in [4.69, 9.17) is 32.7 Å². The summed E-state index contributed by atoms with van der Waals surface area (Å²) in [6.07, 6.45) is 3.94. The number of pyridine rings is 2. The van der Waals surface area contributed by atoms with Crippen LogP contribution in [0.1, 0.15) is 16.9 Å². The predicted molar refractivity (Wildman–Crippen MR) is 126 cm³/mol. The molecule has 1 aliphatic rings. The number of benzene rings is 1. The second kappa shape index (κ2) is 9.22. The topological polar surface area (TPSA) is 114 Å². The van der Waals surface area contributed by atoms with Gasteiger partial charge in [-0.05, 0) is 24.3 Å². The van der Waals surface area contributed by atoms with Gasteiger partial charge in [0.15, 0.2) is 0 Å². The molecule has 3 aromatic heterocycles. The Labute approximate surface area is 198 Å². The summed E-state index contributed by atoms with van der Waals surface area (Å²) >= 11 is 12.4. The van der Waals surface area contributed by atoms with Crippen molar-refractivity contribution in [1.29, 1.82) is 0 Å². The maximum Gasteiger partial charge on any atom is 0.275 e. The van der Waals surface area contributed by atoms with Gasteiger partial charge in [-0.3, -0.25) is 4.79 Å². The number of anilines is 3. The van der Waals surface area contributed by atoms with Gasteiger partial charge in [0.1, 0.15) is 23.4 Å². The summed E-state index contributed by atoms with van der Waals surface area (Å²) in [5, 5.41) is 6.72. The van der Waals surface area contributed by atoms with Crippen molar-refractivity contribution in [2.75, 3.05) is 23.8 Å². The number of rotatable bonds is 6. The molecular weight excluding hydrogens is 467 g/mol. The maximum atomic E-state index is 12.7. The van der Waals surface area contributed by atoms with E-state index in [0.29, 0.717) is 57.5 Å². The zero-order valence-corrected chi connectivity index (χ0v) is 18.7. The number of nitrogens with one attached hydrogen (secondary N) is 3. The van der Waals surface area contributed by atoms with E-state index in [1.807, 2.05) is 0 Å². The maximum absolute atomic E-state index is 12.7. The number of fused-ring (bicyclic) bond motifs is 1. The van der Waals surface area contributed by atoms with E-state index in [1.54, 1.807) is 42.6 Å². The Morgan fingerprint density at radius 3 is 2.82 bits per heavy atom. The van der Waals surface area contributed by atoms with Crippen LogP contribution in [0.15, 0.2) is 48.8 Å². The van der Waals surface area contributed by atoms with E-state index in [0.717, 1.165) is 6.42 Å². The fourth-order valence-electron chi connectivity index (χ4n) is 3.36. The molecule has 1 atom stereocenters. The first-order valence-electron chi connectivity index (χ1n) is 10.1. The number of halogens is 2. The average Bonchev–Trinajstić information content (AvgIpc) is 3.45. The summed E-state index contributed by atoms with van der Waals surface area (Å²) in [5.41, 5.74) is 1.91. The van der Waals surface area contributed by atoms with Gasteiger partial charge in [0.05, 0.1) is 46.2 Å². The fourth-order valence-corrected chi connectivity index (χ4v) is 3.85. The lowest BCUT2D eigenvalue weighted by Gasteiger charge is -2.12. The zero-order chi connectivity index (χ0) is 22.8. The summed E-state index contributed by atoms with van der Waals surface area (Å²) in [6.45, 7) is 1.24. The number of carbonyl (C=O) groups is 1. The minimum atomic E-state index is -0.419. The molecule has 1 amide bonds. The van der Waals surface area contributed by atoms with Crippen LogP contribution in [0.2, 0.25) is 10.0 Å². The van der Waals surface area contributed by atoms with Crippen LogP contribution in [0.25, 0.3) is 11.0 Å². The Morgan fingerprint density at radius 1 is 1.18 bits per heavy atom. The number of amides is 1. The van der Waals surface area contributed by atoms with Gasteiger partial charge in [0.25, 0.3) is 5.91 Å². The van der Waals surface area contributed by atoms with E-state index in [9.17, 15) is 4.79 Å². The molecule has 0 aliphatic carbocycles. The second-order valence-electron chi connectivity index (χ2n) is 7.33. The van der Waals surface area contributed by atoms with Gasteiger partial charge in [-0.2, -0.15) is 0 Å². The SMILES string of the molecule is O=C(Nc1cc(OC2CCOC2)ccn1)c1cc2nc(Nc3c(Cl)cccc3Cl)[nH]c2cn1. The smallest absolute Gasteiger partial charge is 0.275 e. The van der Waals surface area contributed by atoms with Gasteiger partial charge in [-0.25, -0.2) is 15.0 Å². The van der Waals surface area contributed by atoms with Crippen molar-refractivity contribution in [1.82, 2.24) is 19.9 Å². The molecule has 1 aliphatic heterocycles. The molecule has 3 N–H and O–H groups in total. The molecule has 168 valence electrons. The van der Waals surface area contributed by atoms with Crippen molar-refractivity contribution >= 4 is 57.6 Å². The molecular formula is C22H18Cl2N6O3. The first-order chi connectivity index (χ1) is 16.0. The monoisotopic (exact) mass is 484 g/mol. The summed E-state index contributed by atoms with van der Waals surface area (Å²) < 4.78 is 11.2. The first-order valence-corrected chi connectivity index (χ1v) is 10.9. The molecule has 0 saturated carbocycles. The fraction of sp³-hybridized carbons (Fsp3) is 0.182.